The van der Waals surface area contributed by atoms with Gasteiger partial charge in [0.25, 0.3) is 11.8 Å². The van der Waals surface area contributed by atoms with Crippen LogP contribution in [0.15, 0.2) is 28.8 Å². The van der Waals surface area contributed by atoms with Crippen molar-refractivity contribution in [1.82, 2.24) is 5.16 Å². The van der Waals surface area contributed by atoms with E-state index in [0.29, 0.717) is 5.76 Å². The average Bonchev–Trinajstić information content (AvgIpc) is 2.81. The number of benzene rings is 1. The number of ether oxygens (including phenoxy) is 1. The van der Waals surface area contributed by atoms with Gasteiger partial charge in [0.15, 0.2) is 6.61 Å². The van der Waals surface area contributed by atoms with Crippen LogP contribution in [-0.2, 0) is 4.79 Å². The lowest BCUT2D eigenvalue weighted by Gasteiger charge is -2.07. The molecule has 1 aromatic heterocycles. The Morgan fingerprint density at radius 2 is 2.14 bits per heavy atom. The number of hydrogen-bond donors (Lipinski definition) is 2. The summed E-state index contributed by atoms with van der Waals surface area (Å²) >= 11 is 5.78. The largest absolute Gasteiger partial charge is 0.478 e. The number of rotatable bonds is 5. The second-order valence-electron chi connectivity index (χ2n) is 4.15. The molecule has 0 spiro atoms. The zero-order chi connectivity index (χ0) is 15.4. The van der Waals surface area contributed by atoms with Gasteiger partial charge in [-0.1, -0.05) is 11.6 Å². The lowest BCUT2D eigenvalue weighted by Crippen LogP contribution is -2.20. The number of nitrogens with zero attached hydrogens (tertiary/aromatic N) is 1. The van der Waals surface area contributed by atoms with Crippen LogP contribution >= 0.6 is 11.6 Å². The Labute approximate surface area is 124 Å². The Morgan fingerprint density at radius 1 is 1.38 bits per heavy atom. The molecular weight excluding hydrogens is 300 g/mol. The fourth-order valence-electron chi connectivity index (χ4n) is 1.53. The van der Waals surface area contributed by atoms with Crippen LogP contribution in [0.4, 0.5) is 5.69 Å². The van der Waals surface area contributed by atoms with E-state index in [1.54, 1.807) is 6.92 Å². The van der Waals surface area contributed by atoms with Gasteiger partial charge in [0.05, 0.1) is 5.56 Å². The third-order valence-electron chi connectivity index (χ3n) is 2.39. The number of anilines is 1. The summed E-state index contributed by atoms with van der Waals surface area (Å²) in [7, 11) is 0. The maximum atomic E-state index is 11.7. The Hall–Kier alpha value is -2.54. The van der Waals surface area contributed by atoms with Crippen molar-refractivity contribution < 1.29 is 24.0 Å². The Morgan fingerprint density at radius 3 is 2.76 bits per heavy atom. The highest BCUT2D eigenvalue weighted by molar-refractivity contribution is 6.31. The highest BCUT2D eigenvalue weighted by Gasteiger charge is 2.10. The first-order valence-corrected chi connectivity index (χ1v) is 6.21. The molecule has 2 aromatic rings. The highest BCUT2D eigenvalue weighted by Crippen LogP contribution is 2.19. The first kappa shape index (κ1) is 14.9. The van der Waals surface area contributed by atoms with Crippen LogP contribution in [0.25, 0.3) is 0 Å². The topological polar surface area (TPSA) is 102 Å². The standard InChI is InChI=1S/C13H11ClN2O5/c1-7-2-12(16-21-7)20-6-11(17)15-10-4-8(13(18)19)3-9(14)5-10/h2-5H,6H2,1H3,(H,15,17)(H,18,19). The molecule has 2 rings (SSSR count). The summed E-state index contributed by atoms with van der Waals surface area (Å²) in [4.78, 5) is 22.6. The Bertz CT molecular complexity index is 683. The zero-order valence-electron chi connectivity index (χ0n) is 10.9. The highest BCUT2D eigenvalue weighted by atomic mass is 35.5. The number of carbonyl (C=O) groups is 2. The minimum atomic E-state index is -1.14. The molecule has 1 amide bonds. The molecule has 0 aliphatic carbocycles. The average molecular weight is 311 g/mol. The Kier molecular flexibility index (Phi) is 4.44. The molecule has 2 N–H and O–H groups in total. The minimum absolute atomic E-state index is 0.0224. The van der Waals surface area contributed by atoms with Gasteiger partial charge in [-0.05, 0) is 30.3 Å². The molecule has 0 unspecified atom stereocenters. The SMILES string of the molecule is Cc1cc(OCC(=O)Nc2cc(Cl)cc(C(=O)O)c2)no1. The monoisotopic (exact) mass is 310 g/mol. The molecule has 8 heteroatoms. The number of amides is 1. The first-order valence-electron chi connectivity index (χ1n) is 5.84. The molecule has 0 radical (unpaired) electrons. The van der Waals surface area contributed by atoms with Crippen molar-refractivity contribution in [3.05, 3.63) is 40.6 Å². The van der Waals surface area contributed by atoms with Gasteiger partial charge in [-0.2, -0.15) is 0 Å². The maximum Gasteiger partial charge on any atom is 0.335 e. The van der Waals surface area contributed by atoms with Gasteiger partial charge in [0, 0.05) is 16.8 Å². The number of carbonyl (C=O) groups excluding carboxylic acids is 1. The van der Waals surface area contributed by atoms with E-state index in [1.165, 1.54) is 24.3 Å². The van der Waals surface area contributed by atoms with Gasteiger partial charge in [0.2, 0.25) is 0 Å². The van der Waals surface area contributed by atoms with Gasteiger partial charge in [-0.15, -0.1) is 0 Å². The molecule has 0 aliphatic rings. The van der Waals surface area contributed by atoms with Crippen molar-refractivity contribution in [3.8, 4) is 5.88 Å². The second kappa shape index (κ2) is 6.27. The van der Waals surface area contributed by atoms with Crippen molar-refractivity contribution in [2.24, 2.45) is 0 Å². The molecular formula is C13H11ClN2O5. The number of carboxylic acids is 1. The number of aromatic carboxylic acids is 1. The number of carboxylic acid groups (broad SMARTS) is 1. The summed E-state index contributed by atoms with van der Waals surface area (Å²) in [5.74, 6) is -0.858. The summed E-state index contributed by atoms with van der Waals surface area (Å²) < 4.78 is 9.89. The molecule has 1 heterocycles. The summed E-state index contributed by atoms with van der Waals surface area (Å²) in [5, 5.41) is 15.2. The quantitative estimate of drug-likeness (QED) is 0.879. The van der Waals surface area contributed by atoms with Crippen molar-refractivity contribution in [3.63, 3.8) is 0 Å². The molecule has 0 aliphatic heterocycles. The molecule has 0 fully saturated rings. The first-order chi connectivity index (χ1) is 9.94. The summed E-state index contributed by atoms with van der Waals surface area (Å²) in [6.45, 7) is 1.40. The lowest BCUT2D eigenvalue weighted by atomic mass is 10.2. The van der Waals surface area contributed by atoms with E-state index in [1.807, 2.05) is 0 Å². The van der Waals surface area contributed by atoms with Crippen LogP contribution in [0, 0.1) is 6.92 Å². The third kappa shape index (κ3) is 4.22. The number of hydrogen-bond acceptors (Lipinski definition) is 5. The van der Waals surface area contributed by atoms with Gasteiger partial charge < -0.3 is 19.7 Å². The number of aryl methyl sites for hydroxylation is 1. The van der Waals surface area contributed by atoms with Crippen LogP contribution < -0.4 is 10.1 Å². The van der Waals surface area contributed by atoms with Gasteiger partial charge in [0.1, 0.15) is 5.76 Å². The third-order valence-corrected chi connectivity index (χ3v) is 2.60. The van der Waals surface area contributed by atoms with Crippen LogP contribution in [-0.4, -0.2) is 28.7 Å². The van der Waals surface area contributed by atoms with E-state index < -0.39 is 11.9 Å². The van der Waals surface area contributed by atoms with E-state index in [-0.39, 0.29) is 28.8 Å². The van der Waals surface area contributed by atoms with Crippen LogP contribution in [0.3, 0.4) is 0 Å². The molecule has 0 saturated heterocycles. The molecule has 0 atom stereocenters. The maximum absolute atomic E-state index is 11.7. The predicted molar refractivity (Wildman–Crippen MR) is 73.8 cm³/mol. The molecule has 7 nitrogen and oxygen atoms in total. The van der Waals surface area contributed by atoms with E-state index in [0.717, 1.165) is 0 Å². The van der Waals surface area contributed by atoms with Crippen molar-refractivity contribution in [2.75, 3.05) is 11.9 Å². The molecule has 1 aromatic carbocycles. The smallest absolute Gasteiger partial charge is 0.335 e. The van der Waals surface area contributed by atoms with E-state index in [4.69, 9.17) is 26.0 Å². The lowest BCUT2D eigenvalue weighted by molar-refractivity contribution is -0.118. The molecule has 0 saturated carbocycles. The van der Waals surface area contributed by atoms with Crippen molar-refractivity contribution in [1.29, 1.82) is 0 Å². The fraction of sp³-hybridized carbons (Fsp3) is 0.154. The Balaban J connectivity index is 1.97. The molecule has 21 heavy (non-hydrogen) atoms. The van der Waals surface area contributed by atoms with Crippen LogP contribution in [0.5, 0.6) is 5.88 Å². The van der Waals surface area contributed by atoms with Gasteiger partial charge >= 0.3 is 5.97 Å². The fourth-order valence-corrected chi connectivity index (χ4v) is 1.77. The number of halogens is 1. The van der Waals surface area contributed by atoms with Crippen LogP contribution in [0.1, 0.15) is 16.1 Å². The predicted octanol–water partition coefficient (Wildman–Crippen LogP) is 2.35. The van der Waals surface area contributed by atoms with E-state index >= 15 is 0 Å². The molecule has 110 valence electrons. The minimum Gasteiger partial charge on any atom is -0.478 e. The zero-order valence-corrected chi connectivity index (χ0v) is 11.7. The summed E-state index contributed by atoms with van der Waals surface area (Å²) in [6.07, 6.45) is 0. The number of nitrogens with one attached hydrogen (secondary N) is 1. The van der Waals surface area contributed by atoms with Crippen molar-refractivity contribution in [2.45, 2.75) is 6.92 Å². The van der Waals surface area contributed by atoms with Gasteiger partial charge in [-0.25, -0.2) is 4.79 Å². The van der Waals surface area contributed by atoms with E-state index in [9.17, 15) is 9.59 Å². The second-order valence-corrected chi connectivity index (χ2v) is 4.58. The normalized spacial score (nSPS) is 10.2. The van der Waals surface area contributed by atoms with Gasteiger partial charge in [-0.3, -0.25) is 4.79 Å². The summed E-state index contributed by atoms with van der Waals surface area (Å²) in [6, 6.07) is 5.56. The van der Waals surface area contributed by atoms with Crippen molar-refractivity contribution >= 4 is 29.2 Å². The van der Waals surface area contributed by atoms with Crippen LogP contribution in [0.2, 0.25) is 5.02 Å². The van der Waals surface area contributed by atoms with E-state index in [2.05, 4.69) is 10.5 Å². The number of aromatic nitrogens is 1. The summed E-state index contributed by atoms with van der Waals surface area (Å²) in [5.41, 5.74) is 0.246. The molecule has 0 bridgehead atoms.